The quantitative estimate of drug-likeness (QED) is 0.204. The highest BCUT2D eigenvalue weighted by Crippen LogP contribution is 2.60. The third-order valence-electron chi connectivity index (χ3n) is 11.1. The van der Waals surface area contributed by atoms with Crippen LogP contribution in [0.5, 0.6) is 0 Å². The number of nitrogens with zero attached hydrogens (tertiary/aromatic N) is 2. The Hall–Kier alpha value is -4.28. The van der Waals surface area contributed by atoms with E-state index >= 15 is 0 Å². The van der Waals surface area contributed by atoms with Crippen LogP contribution in [-0.4, -0.2) is 82.1 Å². The standard InChI is InChI=1S/C40H49N3O7/c1-3-5-21-33(45)41-25-32(28-17-11-7-12-18-28)49-39(48)34-31-22-23-40(50-31)35(34)37(46)43(30(26-44)27-15-9-6-10-16-27)36(40)38(47)42(24-4-2)29-19-13-8-14-20-29/h3-4,6-7,9-12,15-18,29-32,34-36,44H,1-2,5,8,13-14,19-26H2,(H,41,45)/t30-,31-,32-,34+,35+,36-,40+/m1/s1. The summed E-state index contributed by atoms with van der Waals surface area (Å²) in [4.78, 5) is 60.1. The van der Waals surface area contributed by atoms with Crippen LogP contribution in [0, 0.1) is 11.8 Å². The summed E-state index contributed by atoms with van der Waals surface area (Å²) in [5.74, 6) is -3.36. The molecule has 1 aliphatic carbocycles. The van der Waals surface area contributed by atoms with Crippen molar-refractivity contribution in [2.75, 3.05) is 19.7 Å². The molecule has 2 bridgehead atoms. The number of allylic oxidation sites excluding steroid dienone is 1. The number of aliphatic hydroxyl groups excluding tert-OH is 1. The summed E-state index contributed by atoms with van der Waals surface area (Å²) >= 11 is 0. The molecule has 2 aromatic rings. The highest BCUT2D eigenvalue weighted by atomic mass is 16.6. The number of benzene rings is 2. The van der Waals surface area contributed by atoms with Gasteiger partial charge in [0.25, 0.3) is 0 Å². The second-order valence-electron chi connectivity index (χ2n) is 13.9. The molecular formula is C40H49N3O7. The molecule has 4 fully saturated rings. The van der Waals surface area contributed by atoms with E-state index in [2.05, 4.69) is 18.5 Å². The van der Waals surface area contributed by atoms with E-state index in [0.29, 0.717) is 36.9 Å². The van der Waals surface area contributed by atoms with Crippen molar-refractivity contribution in [1.82, 2.24) is 15.1 Å². The summed E-state index contributed by atoms with van der Waals surface area (Å²) in [5, 5.41) is 13.7. The topological polar surface area (TPSA) is 125 Å². The van der Waals surface area contributed by atoms with Crippen LogP contribution >= 0.6 is 0 Å². The van der Waals surface area contributed by atoms with Crippen molar-refractivity contribution in [3.63, 3.8) is 0 Å². The van der Waals surface area contributed by atoms with E-state index in [0.717, 1.165) is 32.1 Å². The number of hydrogen-bond donors (Lipinski definition) is 2. The Morgan fingerprint density at radius 1 is 1.00 bits per heavy atom. The number of ether oxygens (including phenoxy) is 2. The minimum absolute atomic E-state index is 0.00126. The lowest BCUT2D eigenvalue weighted by Gasteiger charge is -2.42. The predicted molar refractivity (Wildman–Crippen MR) is 187 cm³/mol. The summed E-state index contributed by atoms with van der Waals surface area (Å²) < 4.78 is 12.9. The van der Waals surface area contributed by atoms with Crippen LogP contribution in [0.1, 0.15) is 81.1 Å². The van der Waals surface area contributed by atoms with Gasteiger partial charge < -0.3 is 29.7 Å². The maximum absolute atomic E-state index is 15.0. The van der Waals surface area contributed by atoms with Crippen LogP contribution in [0.25, 0.3) is 0 Å². The fraction of sp³-hybridized carbons (Fsp3) is 0.500. The maximum Gasteiger partial charge on any atom is 0.313 e. The van der Waals surface area contributed by atoms with Crippen molar-refractivity contribution in [1.29, 1.82) is 0 Å². The number of amides is 3. The third kappa shape index (κ3) is 6.75. The molecule has 2 N–H and O–H groups in total. The summed E-state index contributed by atoms with van der Waals surface area (Å²) in [5.41, 5.74) is 0.128. The van der Waals surface area contributed by atoms with Crippen molar-refractivity contribution in [2.45, 2.75) is 93.7 Å². The number of fused-ring (bicyclic) bond motifs is 1. The largest absolute Gasteiger partial charge is 0.455 e. The van der Waals surface area contributed by atoms with Gasteiger partial charge in [0.15, 0.2) is 0 Å². The molecule has 3 saturated heterocycles. The molecule has 0 radical (unpaired) electrons. The van der Waals surface area contributed by atoms with Gasteiger partial charge in [-0.2, -0.15) is 0 Å². The number of rotatable bonds is 15. The molecule has 2 aromatic carbocycles. The minimum atomic E-state index is -1.26. The van der Waals surface area contributed by atoms with Crippen LogP contribution in [0.15, 0.2) is 86.0 Å². The highest BCUT2D eigenvalue weighted by Gasteiger charge is 2.76. The van der Waals surface area contributed by atoms with Crippen molar-refractivity contribution in [3.05, 3.63) is 97.1 Å². The fourth-order valence-corrected chi connectivity index (χ4v) is 8.75. The molecule has 1 spiro atoms. The van der Waals surface area contributed by atoms with Crippen molar-refractivity contribution >= 4 is 23.7 Å². The Morgan fingerprint density at radius 3 is 2.32 bits per heavy atom. The zero-order valence-corrected chi connectivity index (χ0v) is 28.7. The van der Waals surface area contributed by atoms with E-state index in [1.165, 1.54) is 4.90 Å². The van der Waals surface area contributed by atoms with Gasteiger partial charge in [0.1, 0.15) is 17.7 Å². The van der Waals surface area contributed by atoms with E-state index in [-0.39, 0.29) is 30.8 Å². The number of carbonyl (C=O) groups excluding carboxylic acids is 4. The zero-order valence-electron chi connectivity index (χ0n) is 28.7. The first-order chi connectivity index (χ1) is 24.3. The molecule has 10 nitrogen and oxygen atoms in total. The molecular weight excluding hydrogens is 634 g/mol. The number of esters is 1. The molecule has 6 rings (SSSR count). The van der Waals surface area contributed by atoms with Crippen LogP contribution in [0.4, 0.5) is 0 Å². The van der Waals surface area contributed by atoms with Crippen molar-refractivity contribution in [2.24, 2.45) is 11.8 Å². The van der Waals surface area contributed by atoms with E-state index in [1.807, 2.05) is 65.6 Å². The van der Waals surface area contributed by atoms with Gasteiger partial charge in [-0.05, 0) is 43.2 Å². The minimum Gasteiger partial charge on any atom is -0.455 e. The number of likely N-dealkylation sites (tertiary alicyclic amines) is 1. The highest BCUT2D eigenvalue weighted by molar-refractivity contribution is 5.98. The smallest absolute Gasteiger partial charge is 0.313 e. The van der Waals surface area contributed by atoms with Gasteiger partial charge in [0.05, 0.1) is 37.1 Å². The molecule has 266 valence electrons. The Labute approximate surface area is 294 Å². The predicted octanol–water partition coefficient (Wildman–Crippen LogP) is 4.81. The van der Waals surface area contributed by atoms with Crippen molar-refractivity contribution in [3.8, 4) is 0 Å². The first kappa shape index (κ1) is 35.5. The molecule has 10 heteroatoms. The molecule has 3 aliphatic heterocycles. The van der Waals surface area contributed by atoms with Gasteiger partial charge in [-0.1, -0.05) is 92.1 Å². The first-order valence-corrected chi connectivity index (χ1v) is 18.0. The molecule has 1 saturated carbocycles. The monoisotopic (exact) mass is 683 g/mol. The molecule has 50 heavy (non-hydrogen) atoms. The van der Waals surface area contributed by atoms with Crippen molar-refractivity contribution < 1.29 is 33.8 Å². The SMILES string of the molecule is C=CCCC(=O)NC[C@@H](OC(=O)[C@@H]1[C@H]2C(=O)N([C@H](CO)c3ccccc3)[C@H](C(=O)N(CC=C)C3CCCCC3)[C@]23CC[C@H]1O3)c1ccccc1. The Bertz CT molecular complexity index is 1540. The van der Waals surface area contributed by atoms with Crippen LogP contribution in [0.2, 0.25) is 0 Å². The maximum atomic E-state index is 15.0. The number of hydrogen-bond acceptors (Lipinski definition) is 7. The van der Waals surface area contributed by atoms with E-state index in [1.54, 1.807) is 12.2 Å². The van der Waals surface area contributed by atoms with Gasteiger partial charge in [-0.15, -0.1) is 13.2 Å². The summed E-state index contributed by atoms with van der Waals surface area (Å²) in [6.07, 6.45) is 8.53. The number of carbonyl (C=O) groups is 4. The molecule has 3 heterocycles. The Balaban J connectivity index is 1.35. The van der Waals surface area contributed by atoms with Gasteiger partial charge in [0, 0.05) is 19.0 Å². The fourth-order valence-electron chi connectivity index (χ4n) is 8.75. The average Bonchev–Trinajstić information content (AvgIpc) is 3.80. The number of aliphatic hydroxyl groups is 1. The first-order valence-electron chi connectivity index (χ1n) is 18.0. The normalized spacial score (nSPS) is 26.9. The summed E-state index contributed by atoms with van der Waals surface area (Å²) in [6.45, 7) is 7.58. The van der Waals surface area contributed by atoms with E-state index in [4.69, 9.17) is 9.47 Å². The molecule has 3 amide bonds. The Kier molecular flexibility index (Phi) is 11.2. The second kappa shape index (κ2) is 15.7. The van der Waals surface area contributed by atoms with Crippen LogP contribution in [0.3, 0.4) is 0 Å². The van der Waals surface area contributed by atoms with E-state index < -0.39 is 60.2 Å². The summed E-state index contributed by atoms with van der Waals surface area (Å²) in [7, 11) is 0. The lowest BCUT2D eigenvalue weighted by atomic mass is 9.70. The number of nitrogens with one attached hydrogen (secondary N) is 1. The molecule has 0 unspecified atom stereocenters. The molecule has 0 aromatic heterocycles. The van der Waals surface area contributed by atoms with Gasteiger partial charge >= 0.3 is 5.97 Å². The van der Waals surface area contributed by atoms with E-state index in [9.17, 15) is 24.3 Å². The zero-order chi connectivity index (χ0) is 35.3. The average molecular weight is 684 g/mol. The van der Waals surface area contributed by atoms with Crippen LogP contribution in [-0.2, 0) is 28.7 Å². The lowest BCUT2D eigenvalue weighted by molar-refractivity contribution is -0.161. The van der Waals surface area contributed by atoms with Gasteiger partial charge in [-0.25, -0.2) is 0 Å². The molecule has 7 atom stereocenters. The van der Waals surface area contributed by atoms with Crippen LogP contribution < -0.4 is 5.32 Å². The molecule has 4 aliphatic rings. The summed E-state index contributed by atoms with van der Waals surface area (Å²) in [6, 6.07) is 16.5. The lowest BCUT2D eigenvalue weighted by Crippen LogP contribution is -2.59. The third-order valence-corrected chi connectivity index (χ3v) is 11.1. The van der Waals surface area contributed by atoms with Gasteiger partial charge in [0.2, 0.25) is 17.7 Å². The Morgan fingerprint density at radius 2 is 1.68 bits per heavy atom. The second-order valence-corrected chi connectivity index (χ2v) is 13.9. The van der Waals surface area contributed by atoms with Gasteiger partial charge in [-0.3, -0.25) is 19.2 Å².